The van der Waals surface area contributed by atoms with E-state index in [-0.39, 0.29) is 23.9 Å². The van der Waals surface area contributed by atoms with Crippen LogP contribution >= 0.6 is 0 Å². The Hall–Kier alpha value is -2.77. The van der Waals surface area contributed by atoms with Gasteiger partial charge in [0, 0.05) is 43.1 Å². The normalized spacial score (nSPS) is 22.5. The minimum atomic E-state index is -0.545. The van der Waals surface area contributed by atoms with Gasteiger partial charge in [-0.15, -0.1) is 0 Å². The van der Waals surface area contributed by atoms with E-state index >= 15 is 0 Å². The number of ether oxygens (including phenoxy) is 1. The van der Waals surface area contributed by atoms with Crippen molar-refractivity contribution >= 4 is 11.8 Å². The fourth-order valence-corrected chi connectivity index (χ4v) is 5.92. The van der Waals surface area contributed by atoms with Crippen molar-refractivity contribution in [2.75, 3.05) is 26.3 Å². The molecule has 4 heterocycles. The zero-order chi connectivity index (χ0) is 23.9. The summed E-state index contributed by atoms with van der Waals surface area (Å²) in [6.07, 6.45) is 3.45. The second-order valence-corrected chi connectivity index (χ2v) is 10.2. The van der Waals surface area contributed by atoms with E-state index in [1.807, 2.05) is 48.4 Å². The molecule has 0 aliphatic carbocycles. The van der Waals surface area contributed by atoms with Crippen LogP contribution in [0.2, 0.25) is 0 Å². The molecule has 0 radical (unpaired) electrons. The SMILES string of the molecule is Cc1ccc(CN2CCC3(CC2)C(C(=O)NC2COC2)c2ccccc2C(=O)N3C(C)C)cn1. The Morgan fingerprint density at radius 1 is 1.18 bits per heavy atom. The summed E-state index contributed by atoms with van der Waals surface area (Å²) < 4.78 is 5.29. The van der Waals surface area contributed by atoms with Gasteiger partial charge in [0.2, 0.25) is 5.91 Å². The molecule has 3 aliphatic rings. The van der Waals surface area contributed by atoms with Gasteiger partial charge in [-0.25, -0.2) is 0 Å². The Morgan fingerprint density at radius 2 is 1.91 bits per heavy atom. The number of piperidine rings is 1. The Bertz CT molecular complexity index is 1060. The molecule has 180 valence electrons. The lowest BCUT2D eigenvalue weighted by atomic mass is 9.66. The van der Waals surface area contributed by atoms with Gasteiger partial charge < -0.3 is 15.0 Å². The number of aromatic nitrogens is 1. The van der Waals surface area contributed by atoms with E-state index in [0.29, 0.717) is 18.8 Å². The van der Waals surface area contributed by atoms with Crippen LogP contribution in [0, 0.1) is 6.92 Å². The molecule has 34 heavy (non-hydrogen) atoms. The van der Waals surface area contributed by atoms with E-state index in [1.165, 1.54) is 5.56 Å². The summed E-state index contributed by atoms with van der Waals surface area (Å²) in [5, 5.41) is 3.21. The maximum Gasteiger partial charge on any atom is 0.254 e. The first kappa shape index (κ1) is 23.0. The number of fused-ring (bicyclic) bond motifs is 1. The van der Waals surface area contributed by atoms with Gasteiger partial charge in [-0.2, -0.15) is 0 Å². The zero-order valence-electron chi connectivity index (χ0n) is 20.3. The molecule has 2 fully saturated rings. The van der Waals surface area contributed by atoms with Crippen molar-refractivity contribution in [2.45, 2.75) is 63.7 Å². The smallest absolute Gasteiger partial charge is 0.254 e. The first-order valence-corrected chi connectivity index (χ1v) is 12.3. The number of pyridine rings is 1. The first-order valence-electron chi connectivity index (χ1n) is 12.3. The molecule has 2 amide bonds. The highest BCUT2D eigenvalue weighted by Crippen LogP contribution is 2.48. The van der Waals surface area contributed by atoms with Gasteiger partial charge in [-0.3, -0.25) is 19.5 Å². The molecule has 2 saturated heterocycles. The minimum absolute atomic E-state index is 0.00367. The molecule has 0 saturated carbocycles. The number of benzene rings is 1. The molecule has 1 aromatic carbocycles. The third-order valence-electron chi connectivity index (χ3n) is 7.60. The van der Waals surface area contributed by atoms with E-state index in [0.717, 1.165) is 43.7 Å². The summed E-state index contributed by atoms with van der Waals surface area (Å²) in [6, 6.07) is 11.9. The van der Waals surface area contributed by atoms with Gasteiger partial charge in [0.1, 0.15) is 0 Å². The topological polar surface area (TPSA) is 74.8 Å². The molecule has 7 nitrogen and oxygen atoms in total. The molecule has 1 unspecified atom stereocenters. The molecular weight excluding hydrogens is 428 g/mol. The van der Waals surface area contributed by atoms with E-state index in [1.54, 1.807) is 0 Å². The van der Waals surface area contributed by atoms with Crippen molar-refractivity contribution in [3.63, 3.8) is 0 Å². The molecule has 1 N–H and O–H groups in total. The fourth-order valence-electron chi connectivity index (χ4n) is 5.92. The van der Waals surface area contributed by atoms with Crippen LogP contribution in [0.25, 0.3) is 0 Å². The number of carbonyl (C=O) groups excluding carboxylic acids is 2. The average Bonchev–Trinajstić information content (AvgIpc) is 2.79. The predicted octanol–water partition coefficient (Wildman–Crippen LogP) is 2.89. The second-order valence-electron chi connectivity index (χ2n) is 10.2. The van der Waals surface area contributed by atoms with Crippen LogP contribution in [0.5, 0.6) is 0 Å². The average molecular weight is 463 g/mol. The standard InChI is InChI=1S/C27H34N4O3/c1-18(2)31-26(33)23-7-5-4-6-22(23)24(25(32)29-21-16-34-17-21)27(31)10-12-30(13-11-27)15-20-9-8-19(3)28-14-20/h4-9,14,18,21,24H,10-13,15-17H2,1-3H3,(H,29,32). The van der Waals surface area contributed by atoms with Gasteiger partial charge >= 0.3 is 0 Å². The Balaban J connectivity index is 1.47. The van der Waals surface area contributed by atoms with E-state index in [9.17, 15) is 9.59 Å². The van der Waals surface area contributed by atoms with Crippen molar-refractivity contribution in [3.05, 3.63) is 65.0 Å². The Kier molecular flexibility index (Phi) is 6.16. The summed E-state index contributed by atoms with van der Waals surface area (Å²) in [7, 11) is 0. The lowest BCUT2D eigenvalue weighted by Crippen LogP contribution is -2.67. The zero-order valence-corrected chi connectivity index (χ0v) is 20.3. The number of rotatable bonds is 5. The number of amides is 2. The van der Waals surface area contributed by atoms with Crippen LogP contribution in [0.3, 0.4) is 0 Å². The maximum atomic E-state index is 13.8. The molecule has 1 spiro atoms. The summed E-state index contributed by atoms with van der Waals surface area (Å²) in [6.45, 7) is 9.70. The van der Waals surface area contributed by atoms with Crippen molar-refractivity contribution in [2.24, 2.45) is 0 Å². The molecule has 1 atom stereocenters. The molecular formula is C27H34N4O3. The molecule has 1 aromatic heterocycles. The summed E-state index contributed by atoms with van der Waals surface area (Å²) in [5.74, 6) is -0.347. The van der Waals surface area contributed by atoms with Gasteiger partial charge in [0.05, 0.1) is 30.7 Å². The van der Waals surface area contributed by atoms with E-state index in [2.05, 4.69) is 35.1 Å². The molecule has 2 aromatic rings. The van der Waals surface area contributed by atoms with Gasteiger partial charge in [-0.05, 0) is 56.9 Å². The maximum absolute atomic E-state index is 13.8. The highest BCUT2D eigenvalue weighted by Gasteiger charge is 2.56. The van der Waals surface area contributed by atoms with Crippen LogP contribution in [-0.4, -0.2) is 70.5 Å². The van der Waals surface area contributed by atoms with Crippen LogP contribution in [0.15, 0.2) is 42.6 Å². The number of hydrogen-bond acceptors (Lipinski definition) is 5. The van der Waals surface area contributed by atoms with Gasteiger partial charge in [0.25, 0.3) is 5.91 Å². The minimum Gasteiger partial charge on any atom is -0.377 e. The van der Waals surface area contributed by atoms with Crippen molar-refractivity contribution in [1.82, 2.24) is 20.1 Å². The monoisotopic (exact) mass is 462 g/mol. The second kappa shape index (κ2) is 9.12. The lowest BCUT2D eigenvalue weighted by Gasteiger charge is -2.56. The molecule has 7 heteroatoms. The number of nitrogens with one attached hydrogen (secondary N) is 1. The van der Waals surface area contributed by atoms with E-state index < -0.39 is 11.5 Å². The highest BCUT2D eigenvalue weighted by molar-refractivity contribution is 6.02. The fraction of sp³-hybridized carbons (Fsp3) is 0.519. The predicted molar refractivity (Wildman–Crippen MR) is 129 cm³/mol. The number of carbonyl (C=O) groups is 2. The third kappa shape index (κ3) is 4.01. The lowest BCUT2D eigenvalue weighted by molar-refractivity contribution is -0.132. The number of aryl methyl sites for hydroxylation is 1. The van der Waals surface area contributed by atoms with Crippen LogP contribution in [0.1, 0.15) is 59.8 Å². The van der Waals surface area contributed by atoms with Crippen molar-refractivity contribution in [3.8, 4) is 0 Å². The quantitative estimate of drug-likeness (QED) is 0.740. The van der Waals surface area contributed by atoms with Crippen molar-refractivity contribution in [1.29, 1.82) is 0 Å². The summed E-state index contributed by atoms with van der Waals surface area (Å²) >= 11 is 0. The molecule has 0 bridgehead atoms. The number of nitrogens with zero attached hydrogens (tertiary/aromatic N) is 3. The van der Waals surface area contributed by atoms with Gasteiger partial charge in [-0.1, -0.05) is 24.3 Å². The summed E-state index contributed by atoms with van der Waals surface area (Å²) in [5.41, 5.74) is 3.17. The largest absolute Gasteiger partial charge is 0.377 e. The number of hydrogen-bond donors (Lipinski definition) is 1. The van der Waals surface area contributed by atoms with Crippen LogP contribution in [0.4, 0.5) is 0 Å². The number of likely N-dealkylation sites (tertiary alicyclic amines) is 1. The Labute approximate surface area is 201 Å². The van der Waals surface area contributed by atoms with Crippen molar-refractivity contribution < 1.29 is 14.3 Å². The van der Waals surface area contributed by atoms with E-state index in [4.69, 9.17) is 4.74 Å². The highest BCUT2D eigenvalue weighted by atomic mass is 16.5. The van der Waals surface area contributed by atoms with Crippen LogP contribution in [-0.2, 0) is 16.1 Å². The summed E-state index contributed by atoms with van der Waals surface area (Å²) in [4.78, 5) is 36.4. The van der Waals surface area contributed by atoms with Crippen LogP contribution < -0.4 is 5.32 Å². The Morgan fingerprint density at radius 3 is 2.53 bits per heavy atom. The third-order valence-corrected chi connectivity index (χ3v) is 7.60. The first-order chi connectivity index (χ1) is 16.4. The molecule has 3 aliphatic heterocycles. The molecule has 5 rings (SSSR count). The van der Waals surface area contributed by atoms with Gasteiger partial charge in [0.15, 0.2) is 0 Å².